The summed E-state index contributed by atoms with van der Waals surface area (Å²) in [5.74, 6) is 1.36. The first-order chi connectivity index (χ1) is 7.70. The lowest BCUT2D eigenvalue weighted by molar-refractivity contribution is 0.142. The van der Waals surface area contributed by atoms with E-state index in [1.54, 1.807) is 0 Å². The quantitative estimate of drug-likeness (QED) is 0.871. The second-order valence-corrected chi connectivity index (χ2v) is 4.80. The number of hydrogen-bond donors (Lipinski definition) is 1. The van der Waals surface area contributed by atoms with Crippen LogP contribution in [0.3, 0.4) is 0 Å². The van der Waals surface area contributed by atoms with Gasteiger partial charge in [-0.05, 0) is 30.0 Å². The van der Waals surface area contributed by atoms with Crippen LogP contribution in [0.4, 0.5) is 0 Å². The highest BCUT2D eigenvalue weighted by molar-refractivity contribution is 6.32. The number of nitrogens with one attached hydrogen (secondary N) is 1. The molecule has 1 fully saturated rings. The molecule has 0 aliphatic carbocycles. The van der Waals surface area contributed by atoms with Crippen molar-refractivity contribution in [2.75, 3.05) is 13.1 Å². The van der Waals surface area contributed by atoms with Crippen molar-refractivity contribution in [3.63, 3.8) is 0 Å². The summed E-state index contributed by atoms with van der Waals surface area (Å²) in [6, 6.07) is 6.13. The average Bonchev–Trinajstić information content (AvgIpc) is 2.23. The van der Waals surface area contributed by atoms with Gasteiger partial charge in [0.25, 0.3) is 0 Å². The van der Waals surface area contributed by atoms with Crippen molar-refractivity contribution < 1.29 is 4.74 Å². The van der Waals surface area contributed by atoms with Gasteiger partial charge in [0.05, 0.1) is 5.02 Å². The van der Waals surface area contributed by atoms with E-state index in [-0.39, 0.29) is 6.10 Å². The zero-order chi connectivity index (χ0) is 11.5. The van der Waals surface area contributed by atoms with E-state index in [2.05, 4.69) is 25.2 Å². The molecule has 0 amide bonds. The van der Waals surface area contributed by atoms with Crippen LogP contribution in [0.5, 0.6) is 5.75 Å². The van der Waals surface area contributed by atoms with E-state index in [0.29, 0.717) is 5.92 Å². The number of benzene rings is 1. The Bertz CT molecular complexity index is 363. The summed E-state index contributed by atoms with van der Waals surface area (Å²) < 4.78 is 5.76. The van der Waals surface area contributed by atoms with Gasteiger partial charge in [0.2, 0.25) is 0 Å². The Balaban J connectivity index is 2.09. The highest BCUT2D eigenvalue weighted by Gasteiger charge is 2.19. The van der Waals surface area contributed by atoms with Crippen LogP contribution >= 0.6 is 11.6 Å². The molecule has 0 spiro atoms. The fraction of sp³-hybridized carbons (Fsp3) is 0.538. The fourth-order valence-electron chi connectivity index (χ4n) is 1.68. The molecule has 2 nitrogen and oxygen atoms in total. The molecule has 0 saturated carbocycles. The topological polar surface area (TPSA) is 21.3 Å². The van der Waals surface area contributed by atoms with Crippen LogP contribution in [-0.2, 0) is 0 Å². The summed E-state index contributed by atoms with van der Waals surface area (Å²) in [6.07, 6.45) is 1.41. The van der Waals surface area contributed by atoms with Crippen molar-refractivity contribution in [1.29, 1.82) is 0 Å². The summed E-state index contributed by atoms with van der Waals surface area (Å²) in [4.78, 5) is 0. The molecule has 1 N–H and O–H groups in total. The van der Waals surface area contributed by atoms with E-state index in [1.165, 1.54) is 5.56 Å². The van der Waals surface area contributed by atoms with Crippen LogP contribution in [0.25, 0.3) is 0 Å². The molecular formula is C13H18ClNO. The largest absolute Gasteiger partial charge is 0.486 e. The van der Waals surface area contributed by atoms with E-state index in [0.717, 1.165) is 30.3 Å². The van der Waals surface area contributed by atoms with Gasteiger partial charge in [-0.1, -0.05) is 31.5 Å². The molecule has 1 saturated heterocycles. The monoisotopic (exact) mass is 239 g/mol. The minimum absolute atomic E-state index is 0.284. The molecule has 2 rings (SSSR count). The van der Waals surface area contributed by atoms with Crippen LogP contribution in [0.1, 0.15) is 31.7 Å². The van der Waals surface area contributed by atoms with Gasteiger partial charge < -0.3 is 10.1 Å². The van der Waals surface area contributed by atoms with Crippen LogP contribution < -0.4 is 10.1 Å². The molecule has 1 heterocycles. The lowest BCUT2D eigenvalue weighted by Gasteiger charge is -2.28. The minimum Gasteiger partial charge on any atom is -0.486 e. The van der Waals surface area contributed by atoms with Crippen LogP contribution in [0, 0.1) is 0 Å². The predicted octanol–water partition coefficient (Wildman–Crippen LogP) is 3.20. The van der Waals surface area contributed by atoms with Gasteiger partial charge in [-0.15, -0.1) is 0 Å². The summed E-state index contributed by atoms with van der Waals surface area (Å²) in [5, 5.41) is 3.90. The highest BCUT2D eigenvalue weighted by atomic mass is 35.5. The third-order valence-corrected chi connectivity index (χ3v) is 3.47. The van der Waals surface area contributed by atoms with Gasteiger partial charge in [0.15, 0.2) is 0 Å². The van der Waals surface area contributed by atoms with E-state index in [9.17, 15) is 0 Å². The van der Waals surface area contributed by atoms with Crippen molar-refractivity contribution in [3.05, 3.63) is 28.8 Å². The molecular weight excluding hydrogens is 222 g/mol. The third-order valence-electron chi connectivity index (χ3n) is 3.17. The Hall–Kier alpha value is -0.730. The van der Waals surface area contributed by atoms with Crippen molar-refractivity contribution in [2.45, 2.75) is 32.3 Å². The first-order valence-corrected chi connectivity index (χ1v) is 6.25. The maximum absolute atomic E-state index is 6.21. The first-order valence-electron chi connectivity index (χ1n) is 5.87. The van der Waals surface area contributed by atoms with E-state index in [4.69, 9.17) is 16.3 Å². The smallest absolute Gasteiger partial charge is 0.138 e. The molecule has 0 aromatic heterocycles. The standard InChI is InChI=1S/C13H18ClNO/c1-3-9(2)10-4-5-13(12(14)6-10)16-11-7-15-8-11/h4-6,9,11,15H,3,7-8H2,1-2H3/t9-/m1/s1. The molecule has 1 aliphatic heterocycles. The molecule has 0 unspecified atom stereocenters. The maximum atomic E-state index is 6.21. The van der Waals surface area contributed by atoms with Crippen molar-refractivity contribution in [3.8, 4) is 5.75 Å². The van der Waals surface area contributed by atoms with Crippen molar-refractivity contribution in [2.24, 2.45) is 0 Å². The Morgan fingerprint density at radius 2 is 2.25 bits per heavy atom. The molecule has 3 heteroatoms. The summed E-state index contributed by atoms with van der Waals surface area (Å²) >= 11 is 6.21. The highest BCUT2D eigenvalue weighted by Crippen LogP contribution is 2.30. The van der Waals surface area contributed by atoms with Crippen LogP contribution in [0.2, 0.25) is 5.02 Å². The SMILES string of the molecule is CC[C@@H](C)c1ccc(OC2CNC2)c(Cl)c1. The second-order valence-electron chi connectivity index (χ2n) is 4.40. The number of rotatable bonds is 4. The second kappa shape index (κ2) is 5.07. The Morgan fingerprint density at radius 3 is 2.75 bits per heavy atom. The normalized spacial score (nSPS) is 17.9. The summed E-state index contributed by atoms with van der Waals surface area (Å²) in [5.41, 5.74) is 1.28. The van der Waals surface area contributed by atoms with Crippen LogP contribution in [0.15, 0.2) is 18.2 Å². The van der Waals surface area contributed by atoms with Gasteiger partial charge in [-0.3, -0.25) is 0 Å². The van der Waals surface area contributed by atoms with E-state index >= 15 is 0 Å². The number of hydrogen-bond acceptors (Lipinski definition) is 2. The lowest BCUT2D eigenvalue weighted by Crippen LogP contribution is -2.50. The molecule has 1 aromatic carbocycles. The zero-order valence-electron chi connectivity index (χ0n) is 9.79. The maximum Gasteiger partial charge on any atom is 0.138 e. The first kappa shape index (κ1) is 11.7. The Morgan fingerprint density at radius 1 is 1.50 bits per heavy atom. The number of ether oxygens (including phenoxy) is 1. The summed E-state index contributed by atoms with van der Waals surface area (Å²) in [7, 11) is 0. The molecule has 0 radical (unpaired) electrons. The predicted molar refractivity (Wildman–Crippen MR) is 67.4 cm³/mol. The lowest BCUT2D eigenvalue weighted by atomic mass is 9.99. The molecule has 1 atom stereocenters. The molecule has 88 valence electrons. The summed E-state index contributed by atoms with van der Waals surface area (Å²) in [6.45, 7) is 6.23. The van der Waals surface area contributed by atoms with Gasteiger partial charge in [0.1, 0.15) is 11.9 Å². The van der Waals surface area contributed by atoms with Crippen molar-refractivity contribution in [1.82, 2.24) is 5.32 Å². The van der Waals surface area contributed by atoms with Gasteiger partial charge in [-0.25, -0.2) is 0 Å². The van der Waals surface area contributed by atoms with E-state index < -0.39 is 0 Å². The van der Waals surface area contributed by atoms with Gasteiger partial charge >= 0.3 is 0 Å². The fourth-order valence-corrected chi connectivity index (χ4v) is 1.91. The molecule has 1 aliphatic rings. The third kappa shape index (κ3) is 2.50. The zero-order valence-corrected chi connectivity index (χ0v) is 10.6. The van der Waals surface area contributed by atoms with Gasteiger partial charge in [0, 0.05) is 13.1 Å². The number of halogens is 1. The molecule has 0 bridgehead atoms. The Kier molecular flexibility index (Phi) is 3.72. The van der Waals surface area contributed by atoms with E-state index in [1.807, 2.05) is 12.1 Å². The van der Waals surface area contributed by atoms with Gasteiger partial charge in [-0.2, -0.15) is 0 Å². The molecule has 16 heavy (non-hydrogen) atoms. The average molecular weight is 240 g/mol. The van der Waals surface area contributed by atoms with Crippen LogP contribution in [-0.4, -0.2) is 19.2 Å². The minimum atomic E-state index is 0.284. The van der Waals surface area contributed by atoms with Crippen molar-refractivity contribution >= 4 is 11.6 Å². The Labute approximate surface area is 102 Å². The molecule has 1 aromatic rings.